The Hall–Kier alpha value is -3.74. The summed E-state index contributed by atoms with van der Waals surface area (Å²) < 4.78 is 0. The van der Waals surface area contributed by atoms with Gasteiger partial charge in [-0.2, -0.15) is 0 Å². The molecule has 37 heavy (non-hydrogen) atoms. The van der Waals surface area contributed by atoms with E-state index >= 15 is 0 Å². The zero-order valence-corrected chi connectivity index (χ0v) is 21.4. The van der Waals surface area contributed by atoms with E-state index in [0.717, 1.165) is 31.3 Å². The molecule has 1 heterocycles. The topological polar surface area (TPSA) is 86.8 Å². The summed E-state index contributed by atoms with van der Waals surface area (Å²) in [6, 6.07) is 13.8. The molecule has 0 radical (unpaired) electrons. The molecule has 2 aliphatic carbocycles. The number of rotatable bonds is 5. The molecule has 0 spiro atoms. The number of hydrogen-bond acceptors (Lipinski definition) is 4. The number of hydrogen-bond donors (Lipinski definition) is 1. The van der Waals surface area contributed by atoms with Gasteiger partial charge in [0.25, 0.3) is 11.8 Å². The normalized spacial score (nSPS) is 21.9. The summed E-state index contributed by atoms with van der Waals surface area (Å²) >= 11 is 0. The summed E-state index contributed by atoms with van der Waals surface area (Å²) in [4.78, 5) is 55.0. The van der Waals surface area contributed by atoms with Crippen molar-refractivity contribution in [3.8, 4) is 0 Å². The van der Waals surface area contributed by atoms with Crippen LogP contribution in [-0.2, 0) is 9.59 Å². The van der Waals surface area contributed by atoms with Crippen LogP contribution in [0.4, 0.5) is 11.4 Å². The fraction of sp³-hybridized carbons (Fsp3) is 0.400. The maximum absolute atomic E-state index is 13.1. The third-order valence-electron chi connectivity index (χ3n) is 8.02. The zero-order valence-electron chi connectivity index (χ0n) is 21.4. The minimum absolute atomic E-state index is 0.0108. The van der Waals surface area contributed by atoms with E-state index in [1.807, 2.05) is 24.9 Å². The average molecular weight is 500 g/mol. The van der Waals surface area contributed by atoms with E-state index in [2.05, 4.69) is 5.32 Å². The lowest BCUT2D eigenvalue weighted by atomic mass is 9.82. The van der Waals surface area contributed by atoms with Crippen molar-refractivity contribution >= 4 is 35.0 Å². The lowest BCUT2D eigenvalue weighted by Crippen LogP contribution is -2.38. The lowest BCUT2D eigenvalue weighted by Gasteiger charge is -2.31. The van der Waals surface area contributed by atoms with Gasteiger partial charge in [-0.15, -0.1) is 0 Å². The molecule has 2 atom stereocenters. The number of nitrogens with zero attached hydrogens (tertiary/aromatic N) is 2. The Morgan fingerprint density at radius 2 is 1.62 bits per heavy atom. The van der Waals surface area contributed by atoms with E-state index in [9.17, 15) is 19.2 Å². The van der Waals surface area contributed by atoms with Crippen molar-refractivity contribution in [3.63, 3.8) is 0 Å². The Balaban J connectivity index is 1.26. The predicted molar refractivity (Wildman–Crippen MR) is 142 cm³/mol. The number of carbonyl (C=O) groups excluding carboxylic acids is 4. The predicted octanol–water partition coefficient (Wildman–Crippen LogP) is 5.19. The molecule has 1 saturated heterocycles. The van der Waals surface area contributed by atoms with Gasteiger partial charge in [-0.3, -0.25) is 24.1 Å². The third-order valence-corrected chi connectivity index (χ3v) is 8.02. The summed E-state index contributed by atoms with van der Waals surface area (Å²) in [6.45, 7) is 1.99. The molecule has 0 bridgehead atoms. The number of amides is 4. The highest BCUT2D eigenvalue weighted by Crippen LogP contribution is 2.39. The van der Waals surface area contributed by atoms with Crippen LogP contribution in [0, 0.1) is 11.8 Å². The SMILES string of the molecule is CC1=CC[C@@H]2C(=O)N(c3cccc(C(=O)Nc4ccc(C(=O)N(C)C5CCCCC5)cc4)c3)C(=O)[C@H]2C1. The van der Waals surface area contributed by atoms with Crippen LogP contribution < -0.4 is 10.2 Å². The van der Waals surface area contributed by atoms with Crippen LogP contribution in [0.2, 0.25) is 0 Å². The van der Waals surface area contributed by atoms with Crippen molar-refractivity contribution in [1.29, 1.82) is 0 Å². The van der Waals surface area contributed by atoms with Crippen molar-refractivity contribution < 1.29 is 19.2 Å². The van der Waals surface area contributed by atoms with Crippen LogP contribution in [0.1, 0.15) is 72.6 Å². The first-order chi connectivity index (χ1) is 17.8. The number of allylic oxidation sites excluding steroid dienone is 2. The minimum Gasteiger partial charge on any atom is -0.339 e. The van der Waals surface area contributed by atoms with Crippen molar-refractivity contribution in [2.24, 2.45) is 11.8 Å². The zero-order chi connectivity index (χ0) is 26.1. The number of nitrogens with one attached hydrogen (secondary N) is 1. The first kappa shape index (κ1) is 24.9. The molecule has 1 aliphatic heterocycles. The van der Waals surface area contributed by atoms with Crippen LogP contribution in [0.15, 0.2) is 60.2 Å². The fourth-order valence-corrected chi connectivity index (χ4v) is 5.82. The standard InChI is InChI=1S/C30H33N3O4/c1-19-11-16-25-26(17-19)30(37)33(29(25)36)24-10-6-7-21(18-24)27(34)31-22-14-12-20(13-15-22)28(35)32(2)23-8-4-3-5-9-23/h6-7,10-15,18,23,25-26H,3-5,8-9,16-17H2,1-2H3,(H,31,34)/t25-,26-/m0/s1. The fourth-order valence-electron chi connectivity index (χ4n) is 5.82. The molecule has 5 rings (SSSR count). The summed E-state index contributed by atoms with van der Waals surface area (Å²) in [5, 5.41) is 2.85. The third kappa shape index (κ3) is 4.95. The van der Waals surface area contributed by atoms with E-state index in [-0.39, 0.29) is 41.5 Å². The van der Waals surface area contributed by atoms with Crippen LogP contribution in [-0.4, -0.2) is 41.6 Å². The maximum Gasteiger partial charge on any atom is 0.255 e. The maximum atomic E-state index is 13.1. The average Bonchev–Trinajstić information content (AvgIpc) is 3.17. The molecule has 2 aromatic carbocycles. The molecule has 2 fully saturated rings. The van der Waals surface area contributed by atoms with E-state index in [4.69, 9.17) is 0 Å². The molecule has 7 heteroatoms. The van der Waals surface area contributed by atoms with Crippen molar-refractivity contribution in [1.82, 2.24) is 4.90 Å². The number of benzene rings is 2. The van der Waals surface area contributed by atoms with Gasteiger partial charge in [-0.25, -0.2) is 0 Å². The quantitative estimate of drug-likeness (QED) is 0.453. The number of imide groups is 1. The Bertz CT molecular complexity index is 1260. The van der Waals surface area contributed by atoms with E-state index in [1.165, 1.54) is 11.3 Å². The Labute approximate surface area is 217 Å². The highest BCUT2D eigenvalue weighted by molar-refractivity contribution is 6.22. The van der Waals surface area contributed by atoms with E-state index in [0.29, 0.717) is 35.3 Å². The smallest absolute Gasteiger partial charge is 0.255 e. The number of anilines is 2. The van der Waals surface area contributed by atoms with Gasteiger partial charge in [0, 0.05) is 29.9 Å². The van der Waals surface area contributed by atoms with Crippen molar-refractivity contribution in [2.75, 3.05) is 17.3 Å². The van der Waals surface area contributed by atoms with Crippen LogP contribution >= 0.6 is 0 Å². The minimum atomic E-state index is -0.353. The van der Waals surface area contributed by atoms with E-state index in [1.54, 1.807) is 48.5 Å². The van der Waals surface area contributed by atoms with Gasteiger partial charge in [-0.1, -0.05) is 37.0 Å². The first-order valence-electron chi connectivity index (χ1n) is 13.2. The highest BCUT2D eigenvalue weighted by Gasteiger charge is 2.48. The highest BCUT2D eigenvalue weighted by atomic mass is 16.2. The molecule has 4 amide bonds. The van der Waals surface area contributed by atoms with Gasteiger partial charge in [0.2, 0.25) is 11.8 Å². The van der Waals surface area contributed by atoms with Crippen LogP contribution in [0.5, 0.6) is 0 Å². The molecule has 3 aliphatic rings. The molecular weight excluding hydrogens is 466 g/mol. The van der Waals surface area contributed by atoms with Gasteiger partial charge >= 0.3 is 0 Å². The van der Waals surface area contributed by atoms with Gasteiger partial charge in [0.15, 0.2) is 0 Å². The second-order valence-electron chi connectivity index (χ2n) is 10.5. The first-order valence-corrected chi connectivity index (χ1v) is 13.2. The molecule has 0 aromatic heterocycles. The molecule has 0 unspecified atom stereocenters. The second kappa shape index (κ2) is 10.3. The molecule has 2 aromatic rings. The number of fused-ring (bicyclic) bond motifs is 1. The summed E-state index contributed by atoms with van der Waals surface area (Å²) in [5.74, 6) is -1.41. The van der Waals surface area contributed by atoms with Gasteiger partial charge in [-0.05, 0) is 75.1 Å². The lowest BCUT2D eigenvalue weighted by molar-refractivity contribution is -0.122. The molecular formula is C30H33N3O4. The second-order valence-corrected chi connectivity index (χ2v) is 10.5. The van der Waals surface area contributed by atoms with Crippen molar-refractivity contribution in [3.05, 3.63) is 71.3 Å². The van der Waals surface area contributed by atoms with Crippen molar-refractivity contribution in [2.45, 2.75) is 57.9 Å². The molecule has 7 nitrogen and oxygen atoms in total. The summed E-state index contributed by atoms with van der Waals surface area (Å²) in [6.07, 6.45) is 8.85. The van der Waals surface area contributed by atoms with Crippen LogP contribution in [0.3, 0.4) is 0 Å². The summed E-state index contributed by atoms with van der Waals surface area (Å²) in [5.41, 5.74) is 3.05. The van der Waals surface area contributed by atoms with E-state index < -0.39 is 0 Å². The molecule has 192 valence electrons. The molecule has 1 saturated carbocycles. The van der Waals surface area contributed by atoms with Gasteiger partial charge in [0.1, 0.15) is 0 Å². The van der Waals surface area contributed by atoms with Gasteiger partial charge in [0.05, 0.1) is 17.5 Å². The largest absolute Gasteiger partial charge is 0.339 e. The van der Waals surface area contributed by atoms with Gasteiger partial charge < -0.3 is 10.2 Å². The Morgan fingerprint density at radius 3 is 2.35 bits per heavy atom. The Kier molecular flexibility index (Phi) is 6.96. The number of carbonyl (C=O) groups is 4. The Morgan fingerprint density at radius 1 is 0.919 bits per heavy atom. The molecule has 1 N–H and O–H groups in total. The van der Waals surface area contributed by atoms with Crippen LogP contribution in [0.25, 0.3) is 0 Å². The summed E-state index contributed by atoms with van der Waals surface area (Å²) in [7, 11) is 1.86. The monoisotopic (exact) mass is 499 g/mol.